The topological polar surface area (TPSA) is 78.9 Å². The number of hydrogen-bond acceptors (Lipinski definition) is 6. The predicted octanol–water partition coefficient (Wildman–Crippen LogP) is 16.8. The van der Waals surface area contributed by atoms with Gasteiger partial charge in [0.05, 0.1) is 0 Å². The van der Waals surface area contributed by atoms with E-state index in [1.807, 2.05) is 0 Å². The molecule has 0 rings (SSSR count). The minimum atomic E-state index is -0.830. The van der Waals surface area contributed by atoms with Crippen LogP contribution < -0.4 is 0 Å². The highest BCUT2D eigenvalue weighted by Crippen LogP contribution is 2.10. The third kappa shape index (κ3) is 49.0. The summed E-state index contributed by atoms with van der Waals surface area (Å²) in [5.41, 5.74) is 0. The van der Waals surface area contributed by atoms with Gasteiger partial charge in [-0.15, -0.1) is 0 Å². The molecule has 0 aromatic heterocycles. The van der Waals surface area contributed by atoms with Gasteiger partial charge in [0.25, 0.3) is 0 Å². The number of hydrogen-bond donors (Lipinski definition) is 0. The summed E-state index contributed by atoms with van der Waals surface area (Å²) in [6, 6.07) is 0. The summed E-state index contributed by atoms with van der Waals surface area (Å²) in [6.45, 7) is 6.43. The van der Waals surface area contributed by atoms with E-state index in [2.05, 4.69) is 130 Å². The molecule has 0 saturated heterocycles. The average Bonchev–Trinajstić information content (AvgIpc) is 3.28. The van der Waals surface area contributed by atoms with E-state index in [-0.39, 0.29) is 37.5 Å². The second kappa shape index (κ2) is 50.7. The molecule has 0 aliphatic rings. The first-order valence-electron chi connectivity index (χ1n) is 25.4. The molecule has 0 spiro atoms. The van der Waals surface area contributed by atoms with Crippen molar-refractivity contribution in [2.75, 3.05) is 13.2 Å². The second-order valence-electron chi connectivity index (χ2n) is 16.4. The van der Waals surface area contributed by atoms with Gasteiger partial charge in [0.15, 0.2) is 6.10 Å². The van der Waals surface area contributed by atoms with E-state index >= 15 is 0 Å². The van der Waals surface area contributed by atoms with Crippen molar-refractivity contribution in [3.8, 4) is 0 Å². The van der Waals surface area contributed by atoms with Crippen LogP contribution in [0, 0.1) is 0 Å². The molecule has 6 heteroatoms. The molecule has 0 aromatic carbocycles. The monoisotopic (exact) mass is 873 g/mol. The Hall–Kier alpha value is -3.93. The number of carbonyl (C=O) groups excluding carboxylic acids is 3. The molecule has 6 nitrogen and oxygen atoms in total. The van der Waals surface area contributed by atoms with Crippen LogP contribution in [-0.4, -0.2) is 37.2 Å². The number of unbranched alkanes of at least 4 members (excludes halogenated alkanes) is 15. The maximum Gasteiger partial charge on any atom is 0.306 e. The predicted molar refractivity (Wildman–Crippen MR) is 270 cm³/mol. The molecule has 0 aliphatic heterocycles. The summed E-state index contributed by atoms with van der Waals surface area (Å²) in [5, 5.41) is 0. The van der Waals surface area contributed by atoms with Crippen LogP contribution in [0.4, 0.5) is 0 Å². The van der Waals surface area contributed by atoms with Gasteiger partial charge in [-0.25, -0.2) is 0 Å². The van der Waals surface area contributed by atoms with Crippen molar-refractivity contribution in [3.05, 3.63) is 109 Å². The molecule has 0 N–H and O–H groups in total. The fourth-order valence-electron chi connectivity index (χ4n) is 6.34. The second-order valence-corrected chi connectivity index (χ2v) is 16.4. The fourth-order valence-corrected chi connectivity index (χ4v) is 6.34. The summed E-state index contributed by atoms with van der Waals surface area (Å²) >= 11 is 0. The summed E-state index contributed by atoms with van der Waals surface area (Å²) in [7, 11) is 0. The van der Waals surface area contributed by atoms with Gasteiger partial charge in [0.2, 0.25) is 0 Å². The molecule has 63 heavy (non-hydrogen) atoms. The number of ether oxygens (including phenoxy) is 3. The lowest BCUT2D eigenvalue weighted by molar-refractivity contribution is -0.167. The smallest absolute Gasteiger partial charge is 0.306 e. The Kier molecular flexibility index (Phi) is 47.5. The Labute approximate surface area is 387 Å². The van der Waals surface area contributed by atoms with Crippen LogP contribution in [0.1, 0.15) is 213 Å². The molecular weight excluding hydrogens is 781 g/mol. The Morgan fingerprint density at radius 1 is 0.317 bits per heavy atom. The molecule has 0 amide bonds. The van der Waals surface area contributed by atoms with E-state index in [0.717, 1.165) is 77.0 Å². The van der Waals surface area contributed by atoms with Crippen molar-refractivity contribution in [3.63, 3.8) is 0 Å². The Morgan fingerprint density at radius 3 is 0.825 bits per heavy atom. The lowest BCUT2D eigenvalue weighted by Crippen LogP contribution is -2.30. The quantitative estimate of drug-likeness (QED) is 0.0263. The SMILES string of the molecule is CCCCC/C=C\C/C=C\C/C=C\CCCCC(=O)OCC(COC(=O)CCCC/C=C\C/C=C\C/C=C\CCCCC)OC(=O)CCCC/C=C\C/C=C\C/C=C\CCCCC. The van der Waals surface area contributed by atoms with Crippen molar-refractivity contribution < 1.29 is 28.6 Å². The van der Waals surface area contributed by atoms with Crippen LogP contribution in [-0.2, 0) is 28.6 Å². The van der Waals surface area contributed by atoms with Crippen molar-refractivity contribution in [2.45, 2.75) is 219 Å². The summed E-state index contributed by atoms with van der Waals surface area (Å²) in [6.07, 6.45) is 67.9. The van der Waals surface area contributed by atoms with Gasteiger partial charge < -0.3 is 14.2 Å². The maximum absolute atomic E-state index is 12.8. The normalized spacial score (nSPS) is 12.6. The summed E-state index contributed by atoms with van der Waals surface area (Å²) in [4.78, 5) is 37.9. The lowest BCUT2D eigenvalue weighted by atomic mass is 10.1. The highest BCUT2D eigenvalue weighted by atomic mass is 16.6. The minimum Gasteiger partial charge on any atom is -0.462 e. The average molecular weight is 873 g/mol. The largest absolute Gasteiger partial charge is 0.462 e. The van der Waals surface area contributed by atoms with E-state index in [9.17, 15) is 14.4 Å². The van der Waals surface area contributed by atoms with Gasteiger partial charge in [-0.3, -0.25) is 14.4 Å². The zero-order chi connectivity index (χ0) is 45.8. The Balaban J connectivity index is 4.60. The van der Waals surface area contributed by atoms with Crippen molar-refractivity contribution in [1.29, 1.82) is 0 Å². The highest BCUT2D eigenvalue weighted by molar-refractivity contribution is 5.71. The molecule has 0 saturated carbocycles. The molecule has 0 radical (unpaired) electrons. The molecule has 0 bridgehead atoms. The lowest BCUT2D eigenvalue weighted by Gasteiger charge is -2.18. The van der Waals surface area contributed by atoms with E-state index in [1.165, 1.54) is 77.0 Å². The number of allylic oxidation sites excluding steroid dienone is 18. The van der Waals surface area contributed by atoms with Crippen LogP contribution >= 0.6 is 0 Å². The van der Waals surface area contributed by atoms with Crippen LogP contribution in [0.2, 0.25) is 0 Å². The van der Waals surface area contributed by atoms with Crippen LogP contribution in [0.5, 0.6) is 0 Å². The number of rotatable bonds is 44. The van der Waals surface area contributed by atoms with Gasteiger partial charge in [-0.1, -0.05) is 169 Å². The van der Waals surface area contributed by atoms with E-state index in [0.29, 0.717) is 32.1 Å². The molecular formula is C57H92O6. The van der Waals surface area contributed by atoms with Crippen LogP contribution in [0.15, 0.2) is 109 Å². The van der Waals surface area contributed by atoms with E-state index < -0.39 is 6.10 Å². The van der Waals surface area contributed by atoms with Crippen molar-refractivity contribution >= 4 is 17.9 Å². The molecule has 0 unspecified atom stereocenters. The first-order chi connectivity index (χ1) is 31.0. The van der Waals surface area contributed by atoms with Gasteiger partial charge in [-0.2, -0.15) is 0 Å². The molecule has 0 atom stereocenters. The van der Waals surface area contributed by atoms with Crippen LogP contribution in [0.3, 0.4) is 0 Å². The molecule has 356 valence electrons. The number of esters is 3. The molecule has 0 fully saturated rings. The van der Waals surface area contributed by atoms with Crippen molar-refractivity contribution in [2.24, 2.45) is 0 Å². The summed E-state index contributed by atoms with van der Waals surface area (Å²) in [5.74, 6) is -1.05. The first-order valence-corrected chi connectivity index (χ1v) is 25.4. The zero-order valence-corrected chi connectivity index (χ0v) is 40.5. The van der Waals surface area contributed by atoms with E-state index in [4.69, 9.17) is 14.2 Å². The number of carbonyl (C=O) groups is 3. The van der Waals surface area contributed by atoms with Gasteiger partial charge in [-0.05, 0) is 135 Å². The fraction of sp³-hybridized carbons (Fsp3) is 0.632. The van der Waals surface area contributed by atoms with Gasteiger partial charge in [0.1, 0.15) is 13.2 Å². The molecule has 0 aromatic rings. The third-order valence-corrected chi connectivity index (χ3v) is 10.2. The van der Waals surface area contributed by atoms with Gasteiger partial charge in [0, 0.05) is 19.3 Å². The van der Waals surface area contributed by atoms with Crippen molar-refractivity contribution in [1.82, 2.24) is 0 Å². The highest BCUT2D eigenvalue weighted by Gasteiger charge is 2.19. The first kappa shape index (κ1) is 59.1. The summed E-state index contributed by atoms with van der Waals surface area (Å²) < 4.78 is 16.7. The standard InChI is InChI=1S/C57H92O6/c1-4-7-10-13-16-19-22-25-28-31-34-37-40-43-46-49-55(58)61-52-54(63-57(60)51-48-45-42-39-36-33-30-27-24-21-18-15-12-9-6-3)53-62-56(59)50-47-44-41-38-35-32-29-26-23-20-17-14-11-8-5-2/h16-21,25-30,34-39,54H,4-15,22-24,31-33,40-53H2,1-3H3/b19-16-,20-17-,21-18-,28-25-,29-26-,30-27-,37-34-,38-35-,39-36-. The molecule has 0 aliphatic carbocycles. The van der Waals surface area contributed by atoms with Crippen LogP contribution in [0.25, 0.3) is 0 Å². The minimum absolute atomic E-state index is 0.128. The zero-order valence-electron chi connectivity index (χ0n) is 40.5. The molecule has 0 heterocycles. The van der Waals surface area contributed by atoms with E-state index in [1.54, 1.807) is 0 Å². The third-order valence-electron chi connectivity index (χ3n) is 10.2. The Bertz CT molecular complexity index is 1260. The maximum atomic E-state index is 12.8. The van der Waals surface area contributed by atoms with Gasteiger partial charge >= 0.3 is 17.9 Å². The Morgan fingerprint density at radius 2 is 0.556 bits per heavy atom.